The van der Waals surface area contributed by atoms with E-state index in [1.165, 1.54) is 0 Å². The molecule has 3 aromatic rings. The first-order chi connectivity index (χ1) is 22.4. The van der Waals surface area contributed by atoms with Crippen LogP contribution in [0.15, 0.2) is 72.8 Å². The Morgan fingerprint density at radius 1 is 0.935 bits per heavy atom. The third-order valence-corrected chi connectivity index (χ3v) is 8.86. The number of carboxylic acids is 1. The number of aliphatic carboxylic acids is 1. The molecule has 246 valence electrons. The highest BCUT2D eigenvalue weighted by molar-refractivity contribution is 5.76. The van der Waals surface area contributed by atoms with E-state index >= 15 is 0 Å². The van der Waals surface area contributed by atoms with Crippen LogP contribution in [-0.4, -0.2) is 65.9 Å². The average Bonchev–Trinajstić information content (AvgIpc) is 3.52. The molecule has 1 amide bonds. The molecule has 0 saturated carbocycles. The van der Waals surface area contributed by atoms with E-state index < -0.39 is 12.3 Å². The number of unbranched alkanes of at least 4 members (excludes halogenated alkanes) is 1. The van der Waals surface area contributed by atoms with Gasteiger partial charge in [-0.25, -0.2) is 0 Å². The Morgan fingerprint density at radius 2 is 1.70 bits per heavy atom. The van der Waals surface area contributed by atoms with E-state index in [-0.39, 0.29) is 31.1 Å². The minimum atomic E-state index is -0.839. The highest BCUT2D eigenvalue weighted by Gasteiger charge is 2.35. The number of hydrogen-bond donors (Lipinski definition) is 3. The number of methoxy groups -OCH3 is 1. The largest absolute Gasteiger partial charge is 0.481 e. The van der Waals surface area contributed by atoms with Crippen molar-refractivity contribution in [3.05, 3.63) is 95.1 Å². The van der Waals surface area contributed by atoms with Crippen molar-refractivity contribution in [3.63, 3.8) is 0 Å². The number of nitrogens with zero attached hydrogens (tertiary/aromatic N) is 1. The van der Waals surface area contributed by atoms with Gasteiger partial charge in [0.1, 0.15) is 0 Å². The molecular weight excluding hydrogens is 584 g/mol. The van der Waals surface area contributed by atoms with Gasteiger partial charge in [-0.3, -0.25) is 14.5 Å². The second kappa shape index (κ2) is 16.8. The molecule has 2 saturated heterocycles. The molecule has 9 heteroatoms. The molecule has 4 atom stereocenters. The predicted octanol–water partition coefficient (Wildman–Crippen LogP) is 5.76. The molecule has 2 fully saturated rings. The molecule has 0 spiro atoms. The van der Waals surface area contributed by atoms with Crippen molar-refractivity contribution < 1.29 is 34.0 Å². The van der Waals surface area contributed by atoms with Crippen LogP contribution in [0.2, 0.25) is 0 Å². The summed E-state index contributed by atoms with van der Waals surface area (Å²) in [6.45, 7) is 2.97. The zero-order chi connectivity index (χ0) is 32.3. The Hall–Kier alpha value is -3.60. The topological polar surface area (TPSA) is 118 Å². The molecule has 5 rings (SSSR count). The summed E-state index contributed by atoms with van der Waals surface area (Å²) in [5, 5.41) is 21.3. The number of aliphatic hydroxyl groups excluding tert-OH is 1. The molecule has 46 heavy (non-hydrogen) atoms. The molecule has 3 N–H and O–H groups in total. The molecule has 0 aromatic heterocycles. The summed E-state index contributed by atoms with van der Waals surface area (Å²) in [6.07, 6.45) is 3.73. The Balaban J connectivity index is 1.29. The molecule has 3 aromatic carbocycles. The van der Waals surface area contributed by atoms with Crippen molar-refractivity contribution in [1.29, 1.82) is 0 Å². The third-order valence-electron chi connectivity index (χ3n) is 8.86. The fourth-order valence-electron chi connectivity index (χ4n) is 6.39. The lowest BCUT2D eigenvalue weighted by Crippen LogP contribution is -2.42. The molecule has 2 heterocycles. The molecule has 2 aliphatic rings. The first-order valence-corrected chi connectivity index (χ1v) is 16.3. The van der Waals surface area contributed by atoms with Gasteiger partial charge in [0.2, 0.25) is 5.91 Å². The van der Waals surface area contributed by atoms with E-state index in [0.717, 1.165) is 72.3 Å². The normalized spacial score (nSPS) is 21.7. The highest BCUT2D eigenvalue weighted by atomic mass is 16.7. The summed E-state index contributed by atoms with van der Waals surface area (Å²) in [5.41, 5.74) is 5.91. The van der Waals surface area contributed by atoms with Crippen LogP contribution >= 0.6 is 0 Å². The first-order valence-electron chi connectivity index (χ1n) is 16.3. The van der Waals surface area contributed by atoms with Gasteiger partial charge in [-0.15, -0.1) is 0 Å². The summed E-state index contributed by atoms with van der Waals surface area (Å²) in [7, 11) is 1.76. The third kappa shape index (κ3) is 9.47. The summed E-state index contributed by atoms with van der Waals surface area (Å²) >= 11 is 0. The van der Waals surface area contributed by atoms with E-state index in [4.69, 9.17) is 19.3 Å². The Labute approximate surface area is 271 Å². The lowest BCUT2D eigenvalue weighted by atomic mass is 9.98. The van der Waals surface area contributed by atoms with Gasteiger partial charge in [-0.05, 0) is 72.2 Å². The fourth-order valence-corrected chi connectivity index (χ4v) is 6.39. The highest BCUT2D eigenvalue weighted by Crippen LogP contribution is 2.39. The van der Waals surface area contributed by atoms with E-state index in [1.54, 1.807) is 7.11 Å². The second-order valence-corrected chi connectivity index (χ2v) is 12.3. The number of hydrogen-bond acceptors (Lipinski definition) is 7. The van der Waals surface area contributed by atoms with Crippen molar-refractivity contribution in [2.24, 2.45) is 0 Å². The van der Waals surface area contributed by atoms with Gasteiger partial charge in [0.15, 0.2) is 6.29 Å². The number of carboxylic acid groups (broad SMARTS) is 1. The van der Waals surface area contributed by atoms with Crippen molar-refractivity contribution >= 4 is 11.9 Å². The van der Waals surface area contributed by atoms with Crippen molar-refractivity contribution in [2.75, 3.05) is 26.8 Å². The van der Waals surface area contributed by atoms with Crippen molar-refractivity contribution in [2.45, 2.75) is 82.6 Å². The van der Waals surface area contributed by atoms with Gasteiger partial charge in [0.25, 0.3) is 0 Å². The summed E-state index contributed by atoms with van der Waals surface area (Å²) in [5.74, 6) is -0.920. The van der Waals surface area contributed by atoms with Crippen LogP contribution in [0.1, 0.15) is 79.6 Å². The summed E-state index contributed by atoms with van der Waals surface area (Å²) < 4.78 is 18.8. The molecule has 0 aliphatic carbocycles. The number of ether oxygens (including phenoxy) is 3. The van der Waals surface area contributed by atoms with Crippen LogP contribution in [0.4, 0.5) is 0 Å². The number of rotatable bonds is 15. The fraction of sp³-hybridized carbons (Fsp3) is 0.459. The Kier molecular flexibility index (Phi) is 12.3. The van der Waals surface area contributed by atoms with Crippen molar-refractivity contribution in [1.82, 2.24) is 10.2 Å². The lowest BCUT2D eigenvalue weighted by Gasteiger charge is -2.39. The maximum Gasteiger partial charge on any atom is 0.303 e. The van der Waals surface area contributed by atoms with Crippen LogP contribution in [0.25, 0.3) is 11.1 Å². The molecule has 2 aliphatic heterocycles. The zero-order valence-corrected chi connectivity index (χ0v) is 26.6. The molecule has 9 nitrogen and oxygen atoms in total. The maximum absolute atomic E-state index is 12.3. The van der Waals surface area contributed by atoms with Gasteiger partial charge in [0.05, 0.1) is 25.4 Å². The number of amides is 1. The quantitative estimate of drug-likeness (QED) is 0.182. The standard InChI is InChI=1S/C37H46N2O7/c1-44-25-32-11-6-18-39(32)23-33-21-34(28-16-14-26(24-40)15-17-28)46-37(45-33)31-10-5-9-30(20-31)29-8-4-7-27(19-29)22-38-35(41)12-2-3-13-36(42)43/h4-5,7-10,14-17,19-20,32-34,37,40H,2-3,6,11-13,18,21-25H2,1H3,(H,38,41)(H,42,43)/t32-,33-,34+,37+/m0/s1. The van der Waals surface area contributed by atoms with Gasteiger partial charge in [-0.2, -0.15) is 0 Å². The van der Waals surface area contributed by atoms with Crippen LogP contribution < -0.4 is 5.32 Å². The minimum Gasteiger partial charge on any atom is -0.481 e. The van der Waals surface area contributed by atoms with Crippen LogP contribution in [-0.2, 0) is 37.0 Å². The summed E-state index contributed by atoms with van der Waals surface area (Å²) in [4.78, 5) is 25.5. The van der Waals surface area contributed by atoms with Crippen LogP contribution in [0, 0.1) is 0 Å². The maximum atomic E-state index is 12.3. The molecule has 0 radical (unpaired) electrons. The average molecular weight is 631 g/mol. The Bertz CT molecular complexity index is 1430. The monoisotopic (exact) mass is 630 g/mol. The number of aliphatic hydroxyl groups is 1. The minimum absolute atomic E-state index is 0.00493. The van der Waals surface area contributed by atoms with Crippen LogP contribution in [0.3, 0.4) is 0 Å². The van der Waals surface area contributed by atoms with E-state index in [9.17, 15) is 14.7 Å². The smallest absolute Gasteiger partial charge is 0.303 e. The number of carbonyl (C=O) groups is 2. The van der Waals surface area contributed by atoms with Gasteiger partial charge >= 0.3 is 5.97 Å². The Morgan fingerprint density at radius 3 is 2.46 bits per heavy atom. The van der Waals surface area contributed by atoms with Gasteiger partial charge in [0, 0.05) is 51.1 Å². The number of likely N-dealkylation sites (tertiary alicyclic amines) is 1. The van der Waals surface area contributed by atoms with Gasteiger partial charge in [-0.1, -0.05) is 60.7 Å². The number of nitrogens with one attached hydrogen (secondary N) is 1. The lowest BCUT2D eigenvalue weighted by molar-refractivity contribution is -0.253. The second-order valence-electron chi connectivity index (χ2n) is 12.3. The summed E-state index contributed by atoms with van der Waals surface area (Å²) in [6, 6.07) is 24.7. The number of carbonyl (C=O) groups excluding carboxylic acids is 1. The van der Waals surface area contributed by atoms with E-state index in [1.807, 2.05) is 48.5 Å². The zero-order valence-electron chi connectivity index (χ0n) is 26.6. The predicted molar refractivity (Wildman–Crippen MR) is 175 cm³/mol. The van der Waals surface area contributed by atoms with E-state index in [2.05, 4.69) is 34.5 Å². The van der Waals surface area contributed by atoms with Crippen molar-refractivity contribution in [3.8, 4) is 11.1 Å². The molecule has 0 unspecified atom stereocenters. The van der Waals surface area contributed by atoms with E-state index in [0.29, 0.717) is 31.8 Å². The molecule has 0 bridgehead atoms. The SMILES string of the molecule is COC[C@@H]1CCCN1C[C@@H]1C[C@H](c2ccc(CO)cc2)O[C@H](c2cccc(-c3cccc(CNC(=O)CCCCC(=O)O)c3)c2)O1. The van der Waals surface area contributed by atoms with Gasteiger partial charge < -0.3 is 29.7 Å². The first kappa shape index (κ1) is 33.8. The molecular formula is C37H46N2O7. The van der Waals surface area contributed by atoms with Crippen LogP contribution in [0.5, 0.6) is 0 Å². The number of benzene rings is 3.